The lowest BCUT2D eigenvalue weighted by molar-refractivity contribution is 0.0451. The molecule has 3 nitrogen and oxygen atoms in total. The maximum Gasteiger partial charge on any atom is 0.0849 e. The lowest BCUT2D eigenvalue weighted by atomic mass is 9.93. The first-order valence-electron chi connectivity index (χ1n) is 5.58. The molecule has 3 N–H and O–H groups in total. The number of hydrogen-bond donors (Lipinski definition) is 3. The van der Waals surface area contributed by atoms with E-state index in [2.05, 4.69) is 0 Å². The Labute approximate surface area is 95.4 Å². The van der Waals surface area contributed by atoms with E-state index in [0.717, 1.165) is 27.8 Å². The lowest BCUT2D eigenvalue weighted by Crippen LogP contribution is -2.07. The molecule has 0 fully saturated rings. The lowest BCUT2D eigenvalue weighted by Gasteiger charge is -2.15. The van der Waals surface area contributed by atoms with Gasteiger partial charge in [-0.15, -0.1) is 0 Å². The molecule has 0 bridgehead atoms. The Morgan fingerprint density at radius 1 is 1.19 bits per heavy atom. The van der Waals surface area contributed by atoms with Crippen molar-refractivity contribution in [1.82, 2.24) is 0 Å². The van der Waals surface area contributed by atoms with E-state index in [1.807, 2.05) is 26.8 Å². The number of hydrogen-bond acceptors (Lipinski definition) is 3. The normalized spacial score (nSPS) is 28.2. The molecule has 0 heterocycles. The molecular weight excluding hydrogens is 204 g/mol. The van der Waals surface area contributed by atoms with Crippen molar-refractivity contribution in [3.63, 3.8) is 0 Å². The molecule has 3 atom stereocenters. The van der Waals surface area contributed by atoms with Gasteiger partial charge in [0.15, 0.2) is 0 Å². The second kappa shape index (κ2) is 3.84. The number of aliphatic hydroxyl groups is 3. The first-order chi connectivity index (χ1) is 7.49. The fourth-order valence-corrected chi connectivity index (χ4v) is 2.67. The second-order valence-electron chi connectivity index (χ2n) is 4.71. The van der Waals surface area contributed by atoms with E-state index in [1.165, 1.54) is 0 Å². The Morgan fingerprint density at radius 3 is 2.38 bits per heavy atom. The number of benzene rings is 1. The SMILES string of the molecule is Cc1cc2c(c(C)c1CO)[C@H](O)[C@@H](C)[C@H]2O. The van der Waals surface area contributed by atoms with Crippen LogP contribution in [0, 0.1) is 19.8 Å². The standard InChI is InChI=1S/C13H18O3/c1-6-4-9-11(7(2)10(6)5-14)13(16)8(3)12(9)15/h4,8,12-16H,5H2,1-3H3/t8-,12+,13+/m0/s1. The topological polar surface area (TPSA) is 60.7 Å². The van der Waals surface area contributed by atoms with Gasteiger partial charge in [0, 0.05) is 5.92 Å². The van der Waals surface area contributed by atoms with E-state index in [0.29, 0.717) is 0 Å². The molecule has 0 radical (unpaired) electrons. The third-order valence-corrected chi connectivity index (χ3v) is 3.78. The maximum absolute atomic E-state index is 10.1. The quantitative estimate of drug-likeness (QED) is 0.675. The molecule has 88 valence electrons. The molecule has 16 heavy (non-hydrogen) atoms. The number of fused-ring (bicyclic) bond motifs is 1. The predicted molar refractivity (Wildman–Crippen MR) is 60.9 cm³/mol. The first kappa shape index (κ1) is 11.6. The van der Waals surface area contributed by atoms with Gasteiger partial charge in [0.05, 0.1) is 18.8 Å². The van der Waals surface area contributed by atoms with Crippen LogP contribution in [0.15, 0.2) is 6.07 Å². The van der Waals surface area contributed by atoms with Crippen LogP contribution in [-0.4, -0.2) is 15.3 Å². The van der Waals surface area contributed by atoms with Gasteiger partial charge in [0.1, 0.15) is 0 Å². The Balaban J connectivity index is 2.68. The van der Waals surface area contributed by atoms with Gasteiger partial charge in [-0.05, 0) is 41.7 Å². The highest BCUT2D eigenvalue weighted by molar-refractivity contribution is 5.49. The third-order valence-electron chi connectivity index (χ3n) is 3.78. The van der Waals surface area contributed by atoms with Crippen molar-refractivity contribution in [2.24, 2.45) is 5.92 Å². The molecule has 0 aliphatic heterocycles. The molecule has 3 heteroatoms. The van der Waals surface area contributed by atoms with Crippen molar-refractivity contribution >= 4 is 0 Å². The van der Waals surface area contributed by atoms with E-state index in [4.69, 9.17) is 0 Å². The molecule has 1 aromatic carbocycles. The van der Waals surface area contributed by atoms with E-state index in [9.17, 15) is 15.3 Å². The summed E-state index contributed by atoms with van der Waals surface area (Å²) >= 11 is 0. The van der Waals surface area contributed by atoms with Crippen LogP contribution in [0.1, 0.15) is 46.9 Å². The Bertz CT molecular complexity index is 426. The number of aliphatic hydroxyl groups excluding tert-OH is 3. The highest BCUT2D eigenvalue weighted by atomic mass is 16.3. The van der Waals surface area contributed by atoms with Gasteiger partial charge in [0.2, 0.25) is 0 Å². The van der Waals surface area contributed by atoms with Crippen molar-refractivity contribution in [2.75, 3.05) is 0 Å². The summed E-state index contributed by atoms with van der Waals surface area (Å²) in [5, 5.41) is 29.4. The van der Waals surface area contributed by atoms with Gasteiger partial charge in [-0.2, -0.15) is 0 Å². The van der Waals surface area contributed by atoms with Crippen LogP contribution in [0.5, 0.6) is 0 Å². The van der Waals surface area contributed by atoms with Gasteiger partial charge in [-0.3, -0.25) is 0 Å². The summed E-state index contributed by atoms with van der Waals surface area (Å²) < 4.78 is 0. The van der Waals surface area contributed by atoms with Gasteiger partial charge >= 0.3 is 0 Å². The Hall–Kier alpha value is -0.900. The predicted octanol–water partition coefficient (Wildman–Crippen LogP) is 1.51. The summed E-state index contributed by atoms with van der Waals surface area (Å²) in [6.45, 7) is 5.62. The van der Waals surface area contributed by atoms with Crippen LogP contribution < -0.4 is 0 Å². The number of rotatable bonds is 1. The fraction of sp³-hybridized carbons (Fsp3) is 0.538. The Kier molecular flexibility index (Phi) is 2.78. The number of aryl methyl sites for hydroxylation is 1. The molecule has 2 rings (SSSR count). The molecule has 0 saturated heterocycles. The minimum atomic E-state index is -0.629. The minimum Gasteiger partial charge on any atom is -0.392 e. The molecule has 0 spiro atoms. The highest BCUT2D eigenvalue weighted by Crippen LogP contribution is 2.46. The third kappa shape index (κ3) is 1.39. The van der Waals surface area contributed by atoms with E-state index in [-0.39, 0.29) is 12.5 Å². The first-order valence-corrected chi connectivity index (χ1v) is 5.58. The molecule has 0 saturated carbocycles. The zero-order valence-corrected chi connectivity index (χ0v) is 9.86. The molecule has 0 unspecified atom stereocenters. The summed E-state index contributed by atoms with van der Waals surface area (Å²) in [5.41, 5.74) is 4.36. The Morgan fingerprint density at radius 2 is 1.81 bits per heavy atom. The van der Waals surface area contributed by atoms with Crippen molar-refractivity contribution in [3.05, 3.63) is 33.9 Å². The molecule has 0 aromatic heterocycles. The summed E-state index contributed by atoms with van der Waals surface area (Å²) in [6, 6.07) is 1.88. The van der Waals surface area contributed by atoms with Crippen molar-refractivity contribution in [1.29, 1.82) is 0 Å². The summed E-state index contributed by atoms with van der Waals surface area (Å²) in [5.74, 6) is -0.179. The van der Waals surface area contributed by atoms with Crippen molar-refractivity contribution < 1.29 is 15.3 Å². The average molecular weight is 222 g/mol. The summed E-state index contributed by atoms with van der Waals surface area (Å²) in [4.78, 5) is 0. The van der Waals surface area contributed by atoms with Crippen LogP contribution >= 0.6 is 0 Å². The van der Waals surface area contributed by atoms with Crippen LogP contribution in [0.3, 0.4) is 0 Å². The van der Waals surface area contributed by atoms with Crippen LogP contribution in [0.25, 0.3) is 0 Å². The van der Waals surface area contributed by atoms with Crippen LogP contribution in [-0.2, 0) is 6.61 Å². The molecule has 1 aliphatic rings. The fourth-order valence-electron chi connectivity index (χ4n) is 2.67. The minimum absolute atomic E-state index is 0.0257. The van der Waals surface area contributed by atoms with E-state index in [1.54, 1.807) is 0 Å². The van der Waals surface area contributed by atoms with E-state index < -0.39 is 12.2 Å². The van der Waals surface area contributed by atoms with E-state index >= 15 is 0 Å². The average Bonchev–Trinajstić information content (AvgIpc) is 2.44. The van der Waals surface area contributed by atoms with Crippen molar-refractivity contribution in [2.45, 2.75) is 39.6 Å². The molecular formula is C13H18O3. The highest BCUT2D eigenvalue weighted by Gasteiger charge is 2.37. The summed E-state index contributed by atoms with van der Waals surface area (Å²) in [6.07, 6.45) is -1.23. The largest absolute Gasteiger partial charge is 0.392 e. The maximum atomic E-state index is 10.1. The second-order valence-corrected chi connectivity index (χ2v) is 4.71. The monoisotopic (exact) mass is 222 g/mol. The van der Waals surface area contributed by atoms with Crippen molar-refractivity contribution in [3.8, 4) is 0 Å². The van der Waals surface area contributed by atoms with Crippen LogP contribution in [0.4, 0.5) is 0 Å². The smallest absolute Gasteiger partial charge is 0.0849 e. The van der Waals surface area contributed by atoms with Crippen LogP contribution in [0.2, 0.25) is 0 Å². The zero-order chi connectivity index (χ0) is 12.0. The van der Waals surface area contributed by atoms with Gasteiger partial charge in [-0.25, -0.2) is 0 Å². The van der Waals surface area contributed by atoms with Gasteiger partial charge in [-0.1, -0.05) is 13.0 Å². The molecule has 1 aliphatic carbocycles. The summed E-state index contributed by atoms with van der Waals surface area (Å²) in [7, 11) is 0. The molecule has 1 aromatic rings. The zero-order valence-electron chi connectivity index (χ0n) is 9.86. The molecule has 0 amide bonds. The van der Waals surface area contributed by atoms with Gasteiger partial charge < -0.3 is 15.3 Å². The van der Waals surface area contributed by atoms with Gasteiger partial charge in [0.25, 0.3) is 0 Å².